The second kappa shape index (κ2) is 57.8. The largest absolute Gasteiger partial charge is 0.472 e. The van der Waals surface area contributed by atoms with Crippen LogP contribution in [0.2, 0.25) is 0 Å². The summed E-state index contributed by atoms with van der Waals surface area (Å²) in [4.78, 5) is 71.8. The number of carbonyl (C=O) groups excluding carboxylic acids is 4. The fourth-order valence-corrected chi connectivity index (χ4v) is 11.1. The van der Waals surface area contributed by atoms with Crippen LogP contribution in [0, 0.1) is 5.92 Å². The summed E-state index contributed by atoms with van der Waals surface area (Å²) >= 11 is 0. The predicted octanol–water partition coefficient (Wildman–Crippen LogP) is 17.8. The Bertz CT molecular complexity index is 1620. The Kier molecular flexibility index (Phi) is 56.4. The van der Waals surface area contributed by atoms with E-state index in [0.717, 1.165) is 115 Å². The number of hydrogen-bond donors (Lipinski definition) is 3. The first-order valence-corrected chi connectivity index (χ1v) is 36.7. The normalized spacial score (nSPS) is 14.6. The van der Waals surface area contributed by atoms with Crippen LogP contribution >= 0.6 is 15.6 Å². The number of esters is 4. The molecule has 0 saturated carbocycles. The maximum atomic E-state index is 13.0. The van der Waals surface area contributed by atoms with Gasteiger partial charge in [-0.25, -0.2) is 9.13 Å². The number of phosphoric ester groups is 2. The molecule has 0 heterocycles. The van der Waals surface area contributed by atoms with Crippen molar-refractivity contribution in [2.45, 2.75) is 342 Å². The highest BCUT2D eigenvalue weighted by Crippen LogP contribution is 2.45. The first kappa shape index (κ1) is 81.1. The average molecular weight is 1230 g/mol. The molecule has 0 aliphatic carbocycles. The Hall–Kier alpha value is -1.94. The lowest BCUT2D eigenvalue weighted by Crippen LogP contribution is -2.30. The number of aliphatic hydroxyl groups is 1. The second-order valence-corrected chi connectivity index (χ2v) is 26.3. The molecule has 3 N–H and O–H groups in total. The molecule has 19 heteroatoms. The van der Waals surface area contributed by atoms with Gasteiger partial charge in [-0.1, -0.05) is 272 Å². The van der Waals surface area contributed by atoms with Gasteiger partial charge in [-0.05, 0) is 31.6 Å². The highest BCUT2D eigenvalue weighted by molar-refractivity contribution is 7.47. The van der Waals surface area contributed by atoms with Crippen molar-refractivity contribution in [2.24, 2.45) is 5.92 Å². The molecule has 0 aliphatic rings. The van der Waals surface area contributed by atoms with Crippen molar-refractivity contribution < 1.29 is 80.2 Å². The lowest BCUT2D eigenvalue weighted by Gasteiger charge is -2.21. The summed E-state index contributed by atoms with van der Waals surface area (Å²) in [7, 11) is -9.87. The molecule has 17 nitrogen and oxygen atoms in total. The lowest BCUT2D eigenvalue weighted by molar-refractivity contribution is -0.161. The monoisotopic (exact) mass is 1230 g/mol. The standard InChI is InChI=1S/C64H124O17P2/c1-6-10-13-16-18-20-21-22-23-24-25-26-27-28-29-30-31-33-40-45-50-64(69)81-60(54-75-62(67)48-43-38-35-34-37-41-46-57(5)9-4)56-79-83(72,73)77-52-58(65)51-76-82(70,71)78-55-59(53-74-61(66)47-42-36-15-12-8-3)80-63(68)49-44-39-32-19-17-14-11-7-2/h57-60,65H,6-56H2,1-5H3,(H,70,71)(H,72,73)/t57?,58-,59+,60+/m0/s1. The van der Waals surface area contributed by atoms with Crippen LogP contribution in [0.4, 0.5) is 0 Å². The number of phosphoric acid groups is 2. The van der Waals surface area contributed by atoms with Crippen LogP contribution in [-0.4, -0.2) is 96.7 Å². The maximum absolute atomic E-state index is 13.0. The number of hydrogen-bond acceptors (Lipinski definition) is 15. The molecule has 0 fully saturated rings. The van der Waals surface area contributed by atoms with E-state index in [1.54, 1.807) is 0 Å². The van der Waals surface area contributed by atoms with Gasteiger partial charge in [-0.2, -0.15) is 0 Å². The molecule has 6 atom stereocenters. The van der Waals surface area contributed by atoms with E-state index in [1.807, 2.05) is 0 Å². The van der Waals surface area contributed by atoms with E-state index < -0.39 is 97.5 Å². The molecule has 0 rings (SSSR count). The van der Waals surface area contributed by atoms with E-state index in [4.69, 9.17) is 37.0 Å². The van der Waals surface area contributed by atoms with E-state index >= 15 is 0 Å². The molecule has 0 aliphatic heterocycles. The maximum Gasteiger partial charge on any atom is 0.472 e. The highest BCUT2D eigenvalue weighted by atomic mass is 31.2. The molecular formula is C64H124O17P2. The smallest absolute Gasteiger partial charge is 0.462 e. The zero-order valence-corrected chi connectivity index (χ0v) is 55.1. The molecule has 0 aromatic heterocycles. The summed E-state index contributed by atoms with van der Waals surface area (Å²) in [5.74, 6) is -1.42. The summed E-state index contributed by atoms with van der Waals surface area (Å²) in [6.07, 6.45) is 42.3. The number of unbranched alkanes of at least 4 members (excludes halogenated alkanes) is 35. The Morgan fingerprint density at radius 1 is 0.337 bits per heavy atom. The third-order valence-electron chi connectivity index (χ3n) is 15.1. The summed E-state index contributed by atoms with van der Waals surface area (Å²) in [5.41, 5.74) is 0. The van der Waals surface area contributed by atoms with Gasteiger partial charge in [0.05, 0.1) is 26.4 Å². The van der Waals surface area contributed by atoms with Crippen LogP contribution in [0.1, 0.15) is 324 Å². The van der Waals surface area contributed by atoms with Gasteiger partial charge < -0.3 is 33.8 Å². The molecule has 83 heavy (non-hydrogen) atoms. The van der Waals surface area contributed by atoms with Crippen LogP contribution in [-0.2, 0) is 65.4 Å². The average Bonchev–Trinajstić information content (AvgIpc) is 3.46. The van der Waals surface area contributed by atoms with Crippen molar-refractivity contribution in [2.75, 3.05) is 39.6 Å². The molecule has 3 unspecified atom stereocenters. The van der Waals surface area contributed by atoms with Gasteiger partial charge in [-0.3, -0.25) is 37.3 Å². The third-order valence-corrected chi connectivity index (χ3v) is 17.0. The van der Waals surface area contributed by atoms with Crippen LogP contribution in [0.3, 0.4) is 0 Å². The van der Waals surface area contributed by atoms with Gasteiger partial charge in [0, 0.05) is 25.7 Å². The van der Waals surface area contributed by atoms with E-state index in [-0.39, 0.29) is 25.7 Å². The number of aliphatic hydroxyl groups excluding tert-OH is 1. The Morgan fingerprint density at radius 2 is 0.578 bits per heavy atom. The zero-order chi connectivity index (χ0) is 61.3. The van der Waals surface area contributed by atoms with E-state index in [2.05, 4.69) is 34.6 Å². The third kappa shape index (κ3) is 57.6. The van der Waals surface area contributed by atoms with E-state index in [0.29, 0.717) is 25.7 Å². The van der Waals surface area contributed by atoms with Gasteiger partial charge in [0.15, 0.2) is 12.2 Å². The zero-order valence-electron chi connectivity index (χ0n) is 53.3. The molecule has 0 aromatic carbocycles. The van der Waals surface area contributed by atoms with Crippen LogP contribution in [0.15, 0.2) is 0 Å². The lowest BCUT2D eigenvalue weighted by atomic mass is 10.00. The van der Waals surface area contributed by atoms with Crippen LogP contribution in [0.5, 0.6) is 0 Å². The first-order chi connectivity index (χ1) is 40.1. The summed E-state index contributed by atoms with van der Waals surface area (Å²) in [6, 6.07) is 0. The van der Waals surface area contributed by atoms with Crippen LogP contribution < -0.4 is 0 Å². The minimum atomic E-state index is -4.94. The number of ether oxygens (including phenoxy) is 4. The van der Waals surface area contributed by atoms with Gasteiger partial charge in [0.2, 0.25) is 0 Å². The summed E-state index contributed by atoms with van der Waals surface area (Å²) < 4.78 is 67.7. The molecule has 0 amide bonds. The molecule has 0 bridgehead atoms. The van der Waals surface area contributed by atoms with Crippen molar-refractivity contribution in [1.29, 1.82) is 0 Å². The Balaban J connectivity index is 5.08. The molecule has 0 radical (unpaired) electrons. The highest BCUT2D eigenvalue weighted by Gasteiger charge is 2.30. The predicted molar refractivity (Wildman–Crippen MR) is 331 cm³/mol. The SMILES string of the molecule is CCCCCCCCCCCCCCCCCCCCCCC(=O)O[C@H](COC(=O)CCCCCCCCC(C)CC)COP(=O)(O)OC[C@@H](O)COP(=O)(O)OC[C@@H](COC(=O)CCCCCCC)OC(=O)CCCCCCCCCC. The van der Waals surface area contributed by atoms with E-state index in [9.17, 15) is 43.2 Å². The fourth-order valence-electron chi connectivity index (χ4n) is 9.55. The number of carbonyl (C=O) groups is 4. The van der Waals surface area contributed by atoms with Crippen molar-refractivity contribution in [3.63, 3.8) is 0 Å². The minimum absolute atomic E-state index is 0.104. The Labute approximate surface area is 505 Å². The quantitative estimate of drug-likeness (QED) is 0.0222. The minimum Gasteiger partial charge on any atom is -0.462 e. The van der Waals surface area contributed by atoms with Gasteiger partial charge in [0.25, 0.3) is 0 Å². The topological polar surface area (TPSA) is 237 Å². The summed E-state index contributed by atoms with van der Waals surface area (Å²) in [6.45, 7) is 7.04. The van der Waals surface area contributed by atoms with Gasteiger partial charge in [0.1, 0.15) is 19.3 Å². The first-order valence-electron chi connectivity index (χ1n) is 33.7. The summed E-state index contributed by atoms with van der Waals surface area (Å²) in [5, 5.41) is 10.5. The van der Waals surface area contributed by atoms with Crippen molar-refractivity contribution >= 4 is 39.5 Å². The van der Waals surface area contributed by atoms with Crippen molar-refractivity contribution in [3.8, 4) is 0 Å². The fraction of sp³-hybridized carbons (Fsp3) is 0.938. The number of rotatable bonds is 64. The van der Waals surface area contributed by atoms with E-state index in [1.165, 1.54) is 128 Å². The Morgan fingerprint density at radius 3 is 0.855 bits per heavy atom. The van der Waals surface area contributed by atoms with Gasteiger partial charge in [-0.15, -0.1) is 0 Å². The van der Waals surface area contributed by atoms with Crippen LogP contribution in [0.25, 0.3) is 0 Å². The molecule has 0 spiro atoms. The van der Waals surface area contributed by atoms with Gasteiger partial charge >= 0.3 is 39.5 Å². The van der Waals surface area contributed by atoms with Crippen molar-refractivity contribution in [3.05, 3.63) is 0 Å². The molecule has 0 saturated heterocycles. The molecule has 0 aromatic rings. The van der Waals surface area contributed by atoms with Crippen molar-refractivity contribution in [1.82, 2.24) is 0 Å². The molecule has 492 valence electrons. The second-order valence-electron chi connectivity index (χ2n) is 23.4. The molecular weight excluding hydrogens is 1100 g/mol.